The van der Waals surface area contributed by atoms with Gasteiger partial charge in [0.15, 0.2) is 0 Å². The molecule has 0 saturated carbocycles. The van der Waals surface area contributed by atoms with Gasteiger partial charge in [-0.3, -0.25) is 4.79 Å². The van der Waals surface area contributed by atoms with Crippen molar-refractivity contribution in [1.29, 1.82) is 5.26 Å². The summed E-state index contributed by atoms with van der Waals surface area (Å²) in [6, 6.07) is 4.84. The lowest BCUT2D eigenvalue weighted by Gasteiger charge is -2.04. The van der Waals surface area contributed by atoms with Crippen LogP contribution < -0.4 is 5.56 Å². The zero-order valence-electron chi connectivity index (χ0n) is 8.72. The summed E-state index contributed by atoms with van der Waals surface area (Å²) in [5, 5.41) is 17.1. The lowest BCUT2D eigenvalue weighted by molar-refractivity contribution is 0.0694. The summed E-state index contributed by atoms with van der Waals surface area (Å²) in [5.41, 5.74) is -0.713. The molecule has 0 spiro atoms. The first-order valence-electron chi connectivity index (χ1n) is 4.96. The van der Waals surface area contributed by atoms with Gasteiger partial charge in [0.1, 0.15) is 5.56 Å². The number of unbranched alkanes of at least 4 members (excludes halogenated alkanes) is 2. The molecule has 0 amide bonds. The molecule has 0 aliphatic rings. The maximum Gasteiger partial charge on any atom is 0.341 e. The first kappa shape index (κ1) is 12.0. The highest BCUT2D eigenvalue weighted by Crippen LogP contribution is 1.98. The highest BCUT2D eigenvalue weighted by Gasteiger charge is 2.09. The average molecular weight is 220 g/mol. The van der Waals surface area contributed by atoms with Crippen LogP contribution in [0.4, 0.5) is 0 Å². The molecule has 0 unspecified atom stereocenters. The van der Waals surface area contributed by atoms with E-state index in [1.807, 2.05) is 6.07 Å². The monoisotopic (exact) mass is 220 g/mol. The standard InChI is InChI=1S/C11H12N2O3/c12-6-2-1-3-7-13-8-4-5-9(10(13)14)11(15)16/h4-5,8H,1-3,7H2,(H,15,16). The van der Waals surface area contributed by atoms with Gasteiger partial charge in [-0.15, -0.1) is 0 Å². The minimum Gasteiger partial charge on any atom is -0.477 e. The third kappa shape index (κ3) is 2.95. The molecule has 1 aromatic heterocycles. The molecule has 5 heteroatoms. The van der Waals surface area contributed by atoms with E-state index in [1.165, 1.54) is 16.7 Å². The number of hydrogen-bond donors (Lipinski definition) is 1. The van der Waals surface area contributed by atoms with Crippen LogP contribution in [-0.4, -0.2) is 15.6 Å². The van der Waals surface area contributed by atoms with E-state index in [4.69, 9.17) is 10.4 Å². The number of aryl methyl sites for hydroxylation is 1. The van der Waals surface area contributed by atoms with E-state index in [9.17, 15) is 9.59 Å². The third-order valence-electron chi connectivity index (χ3n) is 2.19. The van der Waals surface area contributed by atoms with E-state index in [0.29, 0.717) is 25.8 Å². The highest BCUT2D eigenvalue weighted by molar-refractivity contribution is 5.86. The number of hydrogen-bond acceptors (Lipinski definition) is 3. The van der Waals surface area contributed by atoms with Crippen molar-refractivity contribution in [1.82, 2.24) is 4.57 Å². The number of pyridine rings is 1. The Kier molecular flexibility index (Phi) is 4.28. The predicted molar refractivity (Wildman–Crippen MR) is 57.1 cm³/mol. The summed E-state index contributed by atoms with van der Waals surface area (Å²) in [7, 11) is 0. The normalized spacial score (nSPS) is 9.69. The smallest absolute Gasteiger partial charge is 0.341 e. The summed E-state index contributed by atoms with van der Waals surface area (Å²) in [5.74, 6) is -1.21. The number of aromatic carboxylic acids is 1. The van der Waals surface area contributed by atoms with Crippen LogP contribution in [0.1, 0.15) is 29.6 Å². The summed E-state index contributed by atoms with van der Waals surface area (Å²) >= 11 is 0. The molecular weight excluding hydrogens is 208 g/mol. The zero-order chi connectivity index (χ0) is 12.0. The van der Waals surface area contributed by atoms with Gasteiger partial charge in [0.2, 0.25) is 0 Å². The van der Waals surface area contributed by atoms with Gasteiger partial charge in [-0.05, 0) is 25.0 Å². The van der Waals surface area contributed by atoms with Crippen molar-refractivity contribution in [3.05, 3.63) is 34.2 Å². The van der Waals surface area contributed by atoms with Gasteiger partial charge in [0, 0.05) is 19.2 Å². The molecular formula is C11H12N2O3. The van der Waals surface area contributed by atoms with Crippen molar-refractivity contribution in [2.24, 2.45) is 0 Å². The minimum absolute atomic E-state index is 0.220. The van der Waals surface area contributed by atoms with E-state index in [2.05, 4.69) is 0 Å². The predicted octanol–water partition coefficient (Wildman–Crippen LogP) is 1.24. The summed E-state index contributed by atoms with van der Waals surface area (Å²) in [6.07, 6.45) is 3.41. The Balaban J connectivity index is 2.75. The Labute approximate surface area is 92.6 Å². The molecule has 0 saturated heterocycles. The Morgan fingerprint density at radius 2 is 2.25 bits per heavy atom. The number of carbonyl (C=O) groups is 1. The number of nitrogens with zero attached hydrogens (tertiary/aromatic N) is 2. The van der Waals surface area contributed by atoms with E-state index in [-0.39, 0.29) is 5.56 Å². The van der Waals surface area contributed by atoms with Crippen LogP contribution in [-0.2, 0) is 6.54 Å². The molecule has 0 aliphatic carbocycles. The minimum atomic E-state index is -1.21. The second-order valence-corrected chi connectivity index (χ2v) is 3.34. The maximum absolute atomic E-state index is 11.6. The lowest BCUT2D eigenvalue weighted by atomic mass is 10.2. The number of aromatic nitrogens is 1. The van der Waals surface area contributed by atoms with Crippen LogP contribution in [0.5, 0.6) is 0 Å². The van der Waals surface area contributed by atoms with Crippen LogP contribution in [0, 0.1) is 11.3 Å². The molecule has 1 rings (SSSR count). The van der Waals surface area contributed by atoms with Crippen LogP contribution in [0.15, 0.2) is 23.1 Å². The average Bonchev–Trinajstić information content (AvgIpc) is 2.26. The Morgan fingerprint density at radius 1 is 1.50 bits per heavy atom. The second-order valence-electron chi connectivity index (χ2n) is 3.34. The largest absolute Gasteiger partial charge is 0.477 e. The number of nitriles is 1. The summed E-state index contributed by atoms with van der Waals surface area (Å²) in [6.45, 7) is 0.446. The van der Waals surface area contributed by atoms with Crippen molar-refractivity contribution in [3.63, 3.8) is 0 Å². The van der Waals surface area contributed by atoms with Crippen molar-refractivity contribution in [2.45, 2.75) is 25.8 Å². The molecule has 84 valence electrons. The molecule has 0 atom stereocenters. The van der Waals surface area contributed by atoms with Gasteiger partial charge < -0.3 is 9.67 Å². The Bertz CT molecular complexity index is 471. The molecule has 16 heavy (non-hydrogen) atoms. The van der Waals surface area contributed by atoms with Gasteiger partial charge in [-0.2, -0.15) is 5.26 Å². The lowest BCUT2D eigenvalue weighted by Crippen LogP contribution is -2.25. The van der Waals surface area contributed by atoms with Crippen molar-refractivity contribution in [2.75, 3.05) is 0 Å². The fourth-order valence-electron chi connectivity index (χ4n) is 1.36. The van der Waals surface area contributed by atoms with Crippen molar-refractivity contribution in [3.8, 4) is 6.07 Å². The SMILES string of the molecule is N#CCCCCn1cccc(C(=O)O)c1=O. The molecule has 5 nitrogen and oxygen atoms in total. The topological polar surface area (TPSA) is 83.1 Å². The Morgan fingerprint density at radius 3 is 2.88 bits per heavy atom. The van der Waals surface area contributed by atoms with Crippen molar-refractivity contribution >= 4 is 5.97 Å². The van der Waals surface area contributed by atoms with Crippen LogP contribution in [0.2, 0.25) is 0 Å². The Hall–Kier alpha value is -2.09. The molecule has 1 aromatic rings. The zero-order valence-corrected chi connectivity index (χ0v) is 8.72. The first-order valence-corrected chi connectivity index (χ1v) is 4.96. The molecule has 0 fully saturated rings. The first-order chi connectivity index (χ1) is 7.66. The molecule has 1 heterocycles. The molecule has 0 radical (unpaired) electrons. The van der Waals surface area contributed by atoms with E-state index >= 15 is 0 Å². The molecule has 0 aromatic carbocycles. The molecule has 1 N–H and O–H groups in total. The van der Waals surface area contributed by atoms with E-state index < -0.39 is 11.5 Å². The van der Waals surface area contributed by atoms with E-state index in [1.54, 1.807) is 6.20 Å². The van der Waals surface area contributed by atoms with Gasteiger partial charge >= 0.3 is 5.97 Å². The van der Waals surface area contributed by atoms with Gasteiger partial charge in [-0.1, -0.05) is 0 Å². The van der Waals surface area contributed by atoms with Gasteiger partial charge in [-0.25, -0.2) is 4.79 Å². The van der Waals surface area contributed by atoms with Crippen LogP contribution in [0.25, 0.3) is 0 Å². The number of rotatable bonds is 5. The van der Waals surface area contributed by atoms with Gasteiger partial charge in [0.25, 0.3) is 5.56 Å². The quantitative estimate of drug-likeness (QED) is 0.757. The van der Waals surface area contributed by atoms with Crippen LogP contribution >= 0.6 is 0 Å². The second kappa shape index (κ2) is 5.71. The fraction of sp³-hybridized carbons (Fsp3) is 0.364. The highest BCUT2D eigenvalue weighted by atomic mass is 16.4. The maximum atomic E-state index is 11.6. The molecule has 0 aliphatic heterocycles. The number of carboxylic acids is 1. The van der Waals surface area contributed by atoms with Gasteiger partial charge in [0.05, 0.1) is 6.07 Å². The van der Waals surface area contributed by atoms with Crippen LogP contribution in [0.3, 0.4) is 0 Å². The fourth-order valence-corrected chi connectivity index (χ4v) is 1.36. The molecule has 0 bridgehead atoms. The summed E-state index contributed by atoms with van der Waals surface area (Å²) in [4.78, 5) is 22.3. The number of carboxylic acid groups (broad SMARTS) is 1. The van der Waals surface area contributed by atoms with E-state index in [0.717, 1.165) is 0 Å². The third-order valence-corrected chi connectivity index (χ3v) is 2.19. The van der Waals surface area contributed by atoms with Crippen molar-refractivity contribution < 1.29 is 9.90 Å². The summed E-state index contributed by atoms with van der Waals surface area (Å²) < 4.78 is 1.36.